The second-order valence-corrected chi connectivity index (χ2v) is 5.32. The maximum Gasteiger partial charge on any atom is 0.345 e. The fourth-order valence-corrected chi connectivity index (χ4v) is 1.84. The third-order valence-electron chi connectivity index (χ3n) is 3.32. The molecule has 2 aromatic rings. The van der Waals surface area contributed by atoms with Crippen LogP contribution in [0.4, 0.5) is 10.5 Å². The molecule has 0 saturated carbocycles. The molecule has 0 bridgehead atoms. The van der Waals surface area contributed by atoms with Crippen LogP contribution in [0.15, 0.2) is 42.6 Å². The maximum atomic E-state index is 11.6. The van der Waals surface area contributed by atoms with Crippen molar-refractivity contribution in [3.63, 3.8) is 0 Å². The number of pyridine rings is 1. The van der Waals surface area contributed by atoms with Crippen molar-refractivity contribution < 1.29 is 14.4 Å². The van der Waals surface area contributed by atoms with Gasteiger partial charge in [-0.15, -0.1) is 0 Å². The maximum absolute atomic E-state index is 11.6. The first-order valence-electron chi connectivity index (χ1n) is 7.32. The van der Waals surface area contributed by atoms with E-state index in [1.165, 1.54) is 25.9 Å². The van der Waals surface area contributed by atoms with Crippen LogP contribution < -0.4 is 10.1 Å². The molecular weight excluding hydrogens is 294 g/mol. The molecule has 0 unspecified atom stereocenters. The molecule has 6 nitrogen and oxygen atoms in total. The van der Waals surface area contributed by atoms with Crippen molar-refractivity contribution in [2.75, 3.05) is 19.5 Å². The van der Waals surface area contributed by atoms with E-state index in [1.807, 2.05) is 24.3 Å². The summed E-state index contributed by atoms with van der Waals surface area (Å²) in [4.78, 5) is 20.6. The van der Waals surface area contributed by atoms with E-state index in [4.69, 9.17) is 9.57 Å². The largest absolute Gasteiger partial charge is 0.439 e. The van der Waals surface area contributed by atoms with Crippen LogP contribution in [0.3, 0.4) is 0 Å². The highest BCUT2D eigenvalue weighted by Gasteiger charge is 2.08. The standard InChI is InChI=1S/C17H21N3O3/c1-12(2)13-5-8-15(9-6-13)23-16-10-7-14(11-18-16)19-17(21)20(3)22-4/h5-12H,1-4H3,(H,19,21). The Kier molecular flexibility index (Phi) is 5.54. The Hall–Kier alpha value is -2.60. The molecule has 23 heavy (non-hydrogen) atoms. The monoisotopic (exact) mass is 315 g/mol. The van der Waals surface area contributed by atoms with E-state index < -0.39 is 0 Å². The van der Waals surface area contributed by atoms with Crippen LogP contribution in [0.25, 0.3) is 0 Å². The lowest BCUT2D eigenvalue weighted by atomic mass is 10.0. The number of amides is 2. The summed E-state index contributed by atoms with van der Waals surface area (Å²) in [7, 11) is 2.93. The Morgan fingerprint density at radius 2 is 1.87 bits per heavy atom. The molecule has 0 aliphatic carbocycles. The summed E-state index contributed by atoms with van der Waals surface area (Å²) < 4.78 is 5.68. The van der Waals surface area contributed by atoms with Crippen molar-refractivity contribution in [2.45, 2.75) is 19.8 Å². The summed E-state index contributed by atoms with van der Waals surface area (Å²) in [5, 5.41) is 3.73. The Morgan fingerprint density at radius 1 is 1.17 bits per heavy atom. The molecule has 2 amide bonds. The molecule has 0 fully saturated rings. The molecule has 6 heteroatoms. The highest BCUT2D eigenvalue weighted by atomic mass is 16.7. The number of hydroxylamine groups is 2. The van der Waals surface area contributed by atoms with Gasteiger partial charge in [0.15, 0.2) is 0 Å². The number of benzene rings is 1. The molecule has 0 atom stereocenters. The summed E-state index contributed by atoms with van der Waals surface area (Å²) in [6.07, 6.45) is 1.53. The van der Waals surface area contributed by atoms with Crippen LogP contribution in [0.1, 0.15) is 25.3 Å². The van der Waals surface area contributed by atoms with E-state index in [1.54, 1.807) is 12.1 Å². The van der Waals surface area contributed by atoms with Crippen LogP contribution in [0.2, 0.25) is 0 Å². The minimum Gasteiger partial charge on any atom is -0.439 e. The van der Waals surface area contributed by atoms with Gasteiger partial charge in [-0.1, -0.05) is 26.0 Å². The number of carbonyl (C=O) groups excluding carboxylic acids is 1. The van der Waals surface area contributed by atoms with Gasteiger partial charge in [-0.3, -0.25) is 4.84 Å². The first kappa shape index (κ1) is 16.8. The molecule has 0 spiro atoms. The number of anilines is 1. The van der Waals surface area contributed by atoms with Gasteiger partial charge in [0.2, 0.25) is 5.88 Å². The number of carbonyl (C=O) groups is 1. The second kappa shape index (κ2) is 7.60. The summed E-state index contributed by atoms with van der Waals surface area (Å²) in [5.74, 6) is 1.66. The van der Waals surface area contributed by atoms with Crippen molar-refractivity contribution in [3.05, 3.63) is 48.2 Å². The van der Waals surface area contributed by atoms with E-state index in [-0.39, 0.29) is 6.03 Å². The van der Waals surface area contributed by atoms with Gasteiger partial charge in [0.05, 0.1) is 19.0 Å². The van der Waals surface area contributed by atoms with Gasteiger partial charge in [0.25, 0.3) is 0 Å². The van der Waals surface area contributed by atoms with Crippen LogP contribution in [0.5, 0.6) is 11.6 Å². The summed E-state index contributed by atoms with van der Waals surface area (Å²) in [6.45, 7) is 4.29. The van der Waals surface area contributed by atoms with Crippen LogP contribution in [-0.2, 0) is 4.84 Å². The SMILES string of the molecule is CON(C)C(=O)Nc1ccc(Oc2ccc(C(C)C)cc2)nc1. The quantitative estimate of drug-likeness (QED) is 0.846. The van der Waals surface area contributed by atoms with Crippen molar-refractivity contribution in [1.82, 2.24) is 10.0 Å². The van der Waals surface area contributed by atoms with Crippen molar-refractivity contribution in [1.29, 1.82) is 0 Å². The fourth-order valence-electron chi connectivity index (χ4n) is 1.84. The Labute approximate surface area is 136 Å². The Bertz CT molecular complexity index is 639. The normalized spacial score (nSPS) is 10.5. The lowest BCUT2D eigenvalue weighted by Crippen LogP contribution is -2.30. The zero-order valence-electron chi connectivity index (χ0n) is 13.7. The Balaban J connectivity index is 1.98. The molecule has 2 rings (SSSR count). The van der Waals surface area contributed by atoms with Crippen LogP contribution in [0, 0.1) is 0 Å². The average molecular weight is 315 g/mol. The number of hydrogen-bond acceptors (Lipinski definition) is 4. The minimum atomic E-state index is -0.382. The van der Waals surface area contributed by atoms with Crippen molar-refractivity contribution in [3.8, 4) is 11.6 Å². The van der Waals surface area contributed by atoms with Crippen molar-refractivity contribution >= 4 is 11.7 Å². The molecule has 0 radical (unpaired) electrons. The van der Waals surface area contributed by atoms with Gasteiger partial charge >= 0.3 is 6.03 Å². The highest BCUT2D eigenvalue weighted by Crippen LogP contribution is 2.23. The first-order chi connectivity index (χ1) is 11.0. The van der Waals surface area contributed by atoms with Crippen LogP contribution >= 0.6 is 0 Å². The molecule has 1 aromatic carbocycles. The molecule has 1 N–H and O–H groups in total. The molecule has 122 valence electrons. The topological polar surface area (TPSA) is 63.7 Å². The summed E-state index contributed by atoms with van der Waals surface area (Å²) >= 11 is 0. The van der Waals surface area contributed by atoms with E-state index in [2.05, 4.69) is 24.1 Å². The predicted octanol–water partition coefficient (Wildman–Crippen LogP) is 4.02. The number of nitrogens with zero attached hydrogens (tertiary/aromatic N) is 2. The van der Waals surface area contributed by atoms with Crippen LogP contribution in [-0.4, -0.2) is 30.2 Å². The highest BCUT2D eigenvalue weighted by molar-refractivity contribution is 5.88. The lowest BCUT2D eigenvalue weighted by molar-refractivity contribution is -0.0598. The number of nitrogens with one attached hydrogen (secondary N) is 1. The predicted molar refractivity (Wildman–Crippen MR) is 88.6 cm³/mol. The van der Waals surface area contributed by atoms with E-state index >= 15 is 0 Å². The van der Waals surface area contributed by atoms with Crippen molar-refractivity contribution in [2.24, 2.45) is 0 Å². The average Bonchev–Trinajstić information content (AvgIpc) is 2.56. The minimum absolute atomic E-state index is 0.382. The zero-order chi connectivity index (χ0) is 16.8. The molecule has 1 heterocycles. The second-order valence-electron chi connectivity index (χ2n) is 5.32. The summed E-state index contributed by atoms with van der Waals surface area (Å²) in [6, 6.07) is 10.9. The number of urea groups is 1. The van der Waals surface area contributed by atoms with Gasteiger partial charge in [-0.2, -0.15) is 0 Å². The van der Waals surface area contributed by atoms with Gasteiger partial charge in [0, 0.05) is 13.1 Å². The number of rotatable bonds is 5. The Morgan fingerprint density at radius 3 is 2.39 bits per heavy atom. The number of hydrogen-bond donors (Lipinski definition) is 1. The van der Waals surface area contributed by atoms with Gasteiger partial charge in [-0.25, -0.2) is 14.8 Å². The lowest BCUT2D eigenvalue weighted by Gasteiger charge is -2.14. The number of aromatic nitrogens is 1. The molecule has 1 aromatic heterocycles. The van der Waals surface area contributed by atoms with Gasteiger partial charge < -0.3 is 10.1 Å². The third-order valence-corrected chi connectivity index (χ3v) is 3.32. The van der Waals surface area contributed by atoms with E-state index in [0.717, 1.165) is 10.8 Å². The molecule has 0 aliphatic heterocycles. The number of ether oxygens (including phenoxy) is 1. The molecule has 0 aliphatic rings. The zero-order valence-corrected chi connectivity index (χ0v) is 13.7. The molecular formula is C17H21N3O3. The van der Waals surface area contributed by atoms with Gasteiger partial charge in [0.1, 0.15) is 5.75 Å². The smallest absolute Gasteiger partial charge is 0.345 e. The third kappa shape index (κ3) is 4.69. The molecule has 0 saturated heterocycles. The van der Waals surface area contributed by atoms with E-state index in [0.29, 0.717) is 17.5 Å². The van der Waals surface area contributed by atoms with E-state index in [9.17, 15) is 4.79 Å². The first-order valence-corrected chi connectivity index (χ1v) is 7.32. The summed E-state index contributed by atoms with van der Waals surface area (Å²) in [5.41, 5.74) is 1.81. The van der Waals surface area contributed by atoms with Gasteiger partial charge in [-0.05, 0) is 29.7 Å². The fraction of sp³-hybridized carbons (Fsp3) is 0.294.